The normalized spacial score (nSPS) is 12.0. The van der Waals surface area contributed by atoms with Crippen molar-refractivity contribution >= 4 is 15.7 Å². The second-order valence-electron chi connectivity index (χ2n) is 6.76. The summed E-state index contributed by atoms with van der Waals surface area (Å²) in [7, 11) is -2.74. The monoisotopic (exact) mass is 489 g/mol. The van der Waals surface area contributed by atoms with Gasteiger partial charge in [-0.05, 0) is 43.3 Å². The molecule has 1 heterocycles. The molecule has 13 heteroatoms. The molecule has 2 aromatic carbocycles. The van der Waals surface area contributed by atoms with Crippen molar-refractivity contribution in [3.63, 3.8) is 0 Å². The quantitative estimate of drug-likeness (QED) is 0.522. The molecule has 0 radical (unpaired) electrons. The lowest BCUT2D eigenvalue weighted by molar-refractivity contribution is -0.139. The Hall–Kier alpha value is -3.48. The van der Waals surface area contributed by atoms with Crippen molar-refractivity contribution in [2.24, 2.45) is 7.05 Å². The lowest BCUT2D eigenvalue weighted by atomic mass is 10.1. The van der Waals surface area contributed by atoms with Gasteiger partial charge in [-0.25, -0.2) is 21.9 Å². The average molecular weight is 489 g/mol. The zero-order valence-electron chi connectivity index (χ0n) is 17.1. The highest BCUT2D eigenvalue weighted by Crippen LogP contribution is 2.37. The second kappa shape index (κ2) is 8.81. The number of rotatable bonds is 6. The van der Waals surface area contributed by atoms with Gasteiger partial charge < -0.3 is 4.74 Å². The predicted octanol–water partition coefficient (Wildman–Crippen LogP) is 4.30. The van der Waals surface area contributed by atoms with E-state index in [1.807, 2.05) is 0 Å². The Kier molecular flexibility index (Phi) is 6.45. The fourth-order valence-electron chi connectivity index (χ4n) is 2.75. The molecule has 0 saturated heterocycles. The number of hydrogen-bond acceptors (Lipinski definition) is 5. The summed E-state index contributed by atoms with van der Waals surface area (Å²) in [4.78, 5) is 11.9. The highest BCUT2D eigenvalue weighted by atomic mass is 32.2. The summed E-state index contributed by atoms with van der Waals surface area (Å²) in [6.07, 6.45) is -5.00. The number of ether oxygens (including phenoxy) is 1. The van der Waals surface area contributed by atoms with E-state index in [0.717, 1.165) is 25.2 Å². The van der Waals surface area contributed by atoms with E-state index in [0.29, 0.717) is 16.8 Å². The van der Waals surface area contributed by atoms with Crippen molar-refractivity contribution in [3.8, 4) is 22.8 Å². The number of nitrogens with zero attached hydrogens (tertiary/aromatic N) is 2. The smallest absolute Gasteiger partial charge is 0.421 e. The van der Waals surface area contributed by atoms with E-state index in [1.54, 1.807) is 0 Å². The van der Waals surface area contributed by atoms with Gasteiger partial charge in [0.05, 0.1) is 11.4 Å². The van der Waals surface area contributed by atoms with Gasteiger partial charge in [0.15, 0.2) is 11.6 Å². The minimum atomic E-state index is -5.00. The summed E-state index contributed by atoms with van der Waals surface area (Å²) in [5.74, 6) is -2.91. The van der Waals surface area contributed by atoms with Crippen LogP contribution in [0.15, 0.2) is 47.3 Å². The first kappa shape index (κ1) is 24.2. The van der Waals surface area contributed by atoms with Crippen LogP contribution in [0, 0.1) is 11.6 Å². The first-order chi connectivity index (χ1) is 15.3. The Morgan fingerprint density at radius 2 is 1.73 bits per heavy atom. The molecule has 0 fully saturated rings. The maximum Gasteiger partial charge on any atom is 0.421 e. The molecule has 0 saturated carbocycles. The maximum atomic E-state index is 14.1. The van der Waals surface area contributed by atoms with E-state index < -0.39 is 50.4 Å². The van der Waals surface area contributed by atoms with Crippen molar-refractivity contribution in [2.75, 3.05) is 10.5 Å². The number of anilines is 1. The zero-order valence-corrected chi connectivity index (χ0v) is 17.9. The number of aromatic nitrogens is 2. The second-order valence-corrected chi connectivity index (χ2v) is 8.77. The van der Waals surface area contributed by atoms with E-state index in [4.69, 9.17) is 4.74 Å². The van der Waals surface area contributed by atoms with Crippen molar-refractivity contribution in [1.82, 2.24) is 9.78 Å². The summed E-state index contributed by atoms with van der Waals surface area (Å²) in [5.41, 5.74) is -3.55. The molecule has 3 rings (SSSR count). The molecular weight excluding hydrogens is 473 g/mol. The Balaban J connectivity index is 2.22. The molecule has 0 aliphatic rings. The number of sulfonamides is 1. The molecule has 1 N–H and O–H groups in total. The Morgan fingerprint density at radius 3 is 2.33 bits per heavy atom. The van der Waals surface area contributed by atoms with Crippen LogP contribution in [0.25, 0.3) is 11.3 Å². The van der Waals surface area contributed by atoms with Crippen molar-refractivity contribution < 1.29 is 35.1 Å². The summed E-state index contributed by atoms with van der Waals surface area (Å²) < 4.78 is 99.3. The molecule has 176 valence electrons. The minimum absolute atomic E-state index is 0.0389. The molecular formula is C20H16F5N3O4S. The van der Waals surface area contributed by atoms with Crippen molar-refractivity contribution in [1.29, 1.82) is 0 Å². The van der Waals surface area contributed by atoms with Gasteiger partial charge in [-0.15, -0.1) is 0 Å². The molecule has 3 aromatic rings. The summed E-state index contributed by atoms with van der Waals surface area (Å²) in [6.45, 7) is 1.38. The van der Waals surface area contributed by atoms with Crippen LogP contribution in [0.4, 0.5) is 27.6 Å². The van der Waals surface area contributed by atoms with Crippen LogP contribution in [0.5, 0.6) is 11.5 Å². The van der Waals surface area contributed by atoms with Crippen LogP contribution < -0.4 is 15.0 Å². The Labute approximate surface area is 184 Å². The standard InChI is InChI=1S/C20H16F5N3O4S/c1-3-33(30,31)27-12-5-7-17(32-18-6-4-11(21)8-15(18)22)13(9-12)16-10-14(20(23,24)25)19(29)28(2)26-16/h4-10,27H,3H2,1-2H3. The summed E-state index contributed by atoms with van der Waals surface area (Å²) in [5, 5.41) is 3.81. The fraction of sp³-hybridized carbons (Fsp3) is 0.200. The van der Waals surface area contributed by atoms with Crippen molar-refractivity contribution in [3.05, 3.63) is 70.0 Å². The first-order valence-corrected chi connectivity index (χ1v) is 10.9. The van der Waals surface area contributed by atoms with E-state index in [9.17, 15) is 35.2 Å². The number of benzene rings is 2. The third-order valence-corrected chi connectivity index (χ3v) is 5.70. The van der Waals surface area contributed by atoms with Crippen LogP contribution in [0.3, 0.4) is 0 Å². The highest BCUT2D eigenvalue weighted by Gasteiger charge is 2.35. The molecule has 0 amide bonds. The molecule has 0 unspecified atom stereocenters. The molecule has 1 aromatic heterocycles. The Morgan fingerprint density at radius 1 is 1.06 bits per heavy atom. The van der Waals surface area contributed by atoms with Gasteiger partial charge in [-0.1, -0.05) is 0 Å². The van der Waals surface area contributed by atoms with Gasteiger partial charge in [0.1, 0.15) is 17.1 Å². The van der Waals surface area contributed by atoms with Crippen LogP contribution in [0.2, 0.25) is 0 Å². The molecule has 0 aliphatic carbocycles. The van der Waals surface area contributed by atoms with E-state index in [2.05, 4.69) is 9.82 Å². The third-order valence-electron chi connectivity index (χ3n) is 4.39. The summed E-state index contributed by atoms with van der Waals surface area (Å²) >= 11 is 0. The van der Waals surface area contributed by atoms with Gasteiger partial charge >= 0.3 is 6.18 Å². The molecule has 0 bridgehead atoms. The number of alkyl halides is 3. The average Bonchev–Trinajstić information content (AvgIpc) is 2.72. The molecule has 33 heavy (non-hydrogen) atoms. The highest BCUT2D eigenvalue weighted by molar-refractivity contribution is 7.92. The SMILES string of the molecule is CCS(=O)(=O)Nc1ccc(Oc2ccc(F)cc2F)c(-c2cc(C(F)(F)F)c(=O)n(C)n2)c1. The third kappa shape index (κ3) is 5.48. The van der Waals surface area contributed by atoms with E-state index in [1.165, 1.54) is 19.1 Å². The maximum absolute atomic E-state index is 14.1. The molecule has 0 spiro atoms. The molecule has 7 nitrogen and oxygen atoms in total. The minimum Gasteiger partial charge on any atom is -0.454 e. The van der Waals surface area contributed by atoms with E-state index >= 15 is 0 Å². The lowest BCUT2D eigenvalue weighted by Gasteiger charge is -2.16. The first-order valence-electron chi connectivity index (χ1n) is 9.24. The topological polar surface area (TPSA) is 90.3 Å². The zero-order chi connectivity index (χ0) is 24.6. The van der Waals surface area contributed by atoms with Crippen LogP contribution in [0.1, 0.15) is 12.5 Å². The predicted molar refractivity (Wildman–Crippen MR) is 109 cm³/mol. The number of aryl methyl sites for hydroxylation is 1. The largest absolute Gasteiger partial charge is 0.454 e. The van der Waals surface area contributed by atoms with Gasteiger partial charge in [0, 0.05) is 24.4 Å². The van der Waals surface area contributed by atoms with Gasteiger partial charge in [0.25, 0.3) is 5.56 Å². The van der Waals surface area contributed by atoms with Crippen LogP contribution in [-0.4, -0.2) is 24.0 Å². The van der Waals surface area contributed by atoms with Gasteiger partial charge in [-0.2, -0.15) is 18.3 Å². The number of nitrogens with one attached hydrogen (secondary N) is 1. The lowest BCUT2D eigenvalue weighted by Crippen LogP contribution is -2.29. The van der Waals surface area contributed by atoms with Crippen LogP contribution in [-0.2, 0) is 23.2 Å². The van der Waals surface area contributed by atoms with Crippen molar-refractivity contribution in [2.45, 2.75) is 13.1 Å². The van der Waals surface area contributed by atoms with Gasteiger partial charge in [-0.3, -0.25) is 9.52 Å². The Bertz CT molecular complexity index is 1370. The van der Waals surface area contributed by atoms with E-state index in [-0.39, 0.29) is 22.8 Å². The van der Waals surface area contributed by atoms with Crippen LogP contribution >= 0.6 is 0 Å². The summed E-state index contributed by atoms with van der Waals surface area (Å²) in [6, 6.07) is 6.43. The molecule has 0 aliphatic heterocycles. The fourth-order valence-corrected chi connectivity index (χ4v) is 3.38. The van der Waals surface area contributed by atoms with Gasteiger partial charge in [0.2, 0.25) is 10.0 Å². The molecule has 0 atom stereocenters. The number of halogens is 5. The number of hydrogen-bond donors (Lipinski definition) is 1.